The molecule has 0 aliphatic heterocycles. The van der Waals surface area contributed by atoms with E-state index in [0.717, 1.165) is 31.8 Å². The van der Waals surface area contributed by atoms with Gasteiger partial charge in [0, 0.05) is 11.6 Å². The zero-order valence-corrected chi connectivity index (χ0v) is 16.4. The smallest absolute Gasteiger partial charge is 0.333 e. The van der Waals surface area contributed by atoms with Crippen LogP contribution < -0.4 is 0 Å². The van der Waals surface area contributed by atoms with Gasteiger partial charge in [-0.1, -0.05) is 26.7 Å². The fourth-order valence-electron chi connectivity index (χ4n) is 1.66. The number of hydrogen-bond donors (Lipinski definition) is 0. The van der Waals surface area contributed by atoms with Crippen molar-refractivity contribution in [2.24, 2.45) is 0 Å². The molecule has 0 amide bonds. The number of unbranched alkanes of at least 4 members (excludes halogenated alkanes) is 2. The van der Waals surface area contributed by atoms with Gasteiger partial charge in [-0.2, -0.15) is 0 Å². The van der Waals surface area contributed by atoms with Crippen molar-refractivity contribution >= 4 is 23.9 Å². The van der Waals surface area contributed by atoms with Gasteiger partial charge >= 0.3 is 23.9 Å². The summed E-state index contributed by atoms with van der Waals surface area (Å²) >= 11 is 0. The molecule has 0 heterocycles. The van der Waals surface area contributed by atoms with Crippen molar-refractivity contribution in [1.82, 2.24) is 0 Å². The molecule has 0 aromatic rings. The predicted octanol–water partition coefficient (Wildman–Crippen LogP) is 2.49. The maximum absolute atomic E-state index is 11.7. The van der Waals surface area contributed by atoms with E-state index in [4.69, 9.17) is 18.9 Å². The molecule has 0 radical (unpaired) electrons. The first-order chi connectivity index (χ1) is 12.9. The molecular weight excluding hydrogens is 356 g/mol. The van der Waals surface area contributed by atoms with Gasteiger partial charge in [-0.25, -0.2) is 9.59 Å². The van der Waals surface area contributed by atoms with Crippen molar-refractivity contribution in [2.75, 3.05) is 26.4 Å². The average Bonchev–Trinajstić information content (AvgIpc) is 2.62. The zero-order valence-electron chi connectivity index (χ0n) is 16.4. The molecule has 0 bridgehead atoms. The normalized spacial score (nSPS) is 10.9. The van der Waals surface area contributed by atoms with E-state index in [1.165, 1.54) is 6.92 Å². The van der Waals surface area contributed by atoms with Gasteiger partial charge in [-0.05, 0) is 19.8 Å². The SMILES string of the molecule is CCCCOC(=O)CCOC(=O)/C=C(/C)C(=O)OCCC(=O)OCCCC. The summed E-state index contributed by atoms with van der Waals surface area (Å²) in [6, 6.07) is 0. The molecule has 154 valence electrons. The number of ether oxygens (including phenoxy) is 4. The Labute approximate surface area is 160 Å². The first kappa shape index (κ1) is 24.6. The minimum atomic E-state index is -0.759. The number of hydrogen-bond acceptors (Lipinski definition) is 8. The van der Waals surface area contributed by atoms with Crippen molar-refractivity contribution in [3.8, 4) is 0 Å². The van der Waals surface area contributed by atoms with E-state index in [9.17, 15) is 19.2 Å². The molecule has 8 heteroatoms. The van der Waals surface area contributed by atoms with Crippen LogP contribution >= 0.6 is 0 Å². The number of rotatable bonds is 14. The highest BCUT2D eigenvalue weighted by molar-refractivity contribution is 5.95. The van der Waals surface area contributed by atoms with E-state index in [1.54, 1.807) is 0 Å². The van der Waals surface area contributed by atoms with Crippen molar-refractivity contribution in [2.45, 2.75) is 59.3 Å². The van der Waals surface area contributed by atoms with Crippen LogP contribution in [0.1, 0.15) is 59.3 Å². The lowest BCUT2D eigenvalue weighted by Gasteiger charge is -2.06. The fraction of sp³-hybridized carbons (Fsp3) is 0.684. The second kappa shape index (κ2) is 15.8. The minimum Gasteiger partial charge on any atom is -0.466 e. The first-order valence-electron chi connectivity index (χ1n) is 9.24. The summed E-state index contributed by atoms with van der Waals surface area (Å²) in [5, 5.41) is 0. The Morgan fingerprint density at radius 3 is 1.67 bits per heavy atom. The molecule has 0 saturated carbocycles. The number of carbonyl (C=O) groups is 4. The lowest BCUT2D eigenvalue weighted by molar-refractivity contribution is -0.149. The second-order valence-electron chi connectivity index (χ2n) is 5.78. The summed E-state index contributed by atoms with van der Waals surface area (Å²) in [6.07, 6.45) is 4.29. The van der Waals surface area contributed by atoms with Crippen LogP contribution in [0.4, 0.5) is 0 Å². The molecule has 0 aliphatic rings. The van der Waals surface area contributed by atoms with Crippen LogP contribution in [0, 0.1) is 0 Å². The third kappa shape index (κ3) is 14.5. The molecule has 0 fully saturated rings. The molecule has 0 saturated heterocycles. The van der Waals surface area contributed by atoms with Gasteiger partial charge in [0.25, 0.3) is 0 Å². The van der Waals surface area contributed by atoms with E-state index in [0.29, 0.717) is 13.2 Å². The van der Waals surface area contributed by atoms with Crippen molar-refractivity contribution < 1.29 is 38.1 Å². The first-order valence-corrected chi connectivity index (χ1v) is 9.24. The van der Waals surface area contributed by atoms with Gasteiger partial charge in [0.05, 0.1) is 26.1 Å². The van der Waals surface area contributed by atoms with E-state index in [-0.39, 0.29) is 31.6 Å². The van der Waals surface area contributed by atoms with E-state index in [1.807, 2.05) is 13.8 Å². The summed E-state index contributed by atoms with van der Waals surface area (Å²) in [7, 11) is 0. The maximum atomic E-state index is 11.7. The van der Waals surface area contributed by atoms with Gasteiger partial charge < -0.3 is 18.9 Å². The number of esters is 4. The Morgan fingerprint density at radius 1 is 0.704 bits per heavy atom. The Bertz CT molecular complexity index is 510. The lowest BCUT2D eigenvalue weighted by Crippen LogP contribution is -2.15. The highest BCUT2D eigenvalue weighted by atomic mass is 16.6. The molecule has 0 aromatic carbocycles. The molecule has 27 heavy (non-hydrogen) atoms. The van der Waals surface area contributed by atoms with Crippen LogP contribution in [0.25, 0.3) is 0 Å². The van der Waals surface area contributed by atoms with Gasteiger partial charge in [-0.3, -0.25) is 9.59 Å². The standard InChI is InChI=1S/C19H30O8/c1-4-6-10-24-16(20)8-12-26-18(22)14-15(3)19(23)27-13-9-17(21)25-11-7-5-2/h14H,4-13H2,1-3H3/b15-14-. The Kier molecular flexibility index (Phi) is 14.4. The number of carbonyl (C=O) groups excluding carboxylic acids is 4. The molecule has 0 aromatic heterocycles. The molecule has 0 unspecified atom stereocenters. The summed E-state index contributed by atoms with van der Waals surface area (Å²) in [4.78, 5) is 46.0. The van der Waals surface area contributed by atoms with Crippen LogP contribution in [0.3, 0.4) is 0 Å². The summed E-state index contributed by atoms with van der Waals surface area (Å²) < 4.78 is 19.6. The molecule has 0 spiro atoms. The Hall–Kier alpha value is -2.38. The van der Waals surface area contributed by atoms with Gasteiger partial charge in [0.15, 0.2) is 0 Å². The Balaban J connectivity index is 3.99. The van der Waals surface area contributed by atoms with Gasteiger partial charge in [0.2, 0.25) is 0 Å². The van der Waals surface area contributed by atoms with E-state index in [2.05, 4.69) is 0 Å². The van der Waals surface area contributed by atoms with Crippen LogP contribution in [0.2, 0.25) is 0 Å². The van der Waals surface area contributed by atoms with Crippen molar-refractivity contribution in [3.05, 3.63) is 11.6 Å². The maximum Gasteiger partial charge on any atom is 0.333 e. The average molecular weight is 386 g/mol. The summed E-state index contributed by atoms with van der Waals surface area (Å²) in [5.74, 6) is -2.37. The molecule has 0 N–H and O–H groups in total. The monoisotopic (exact) mass is 386 g/mol. The summed E-state index contributed by atoms with van der Waals surface area (Å²) in [5.41, 5.74) is 0.0323. The second-order valence-corrected chi connectivity index (χ2v) is 5.78. The molecule has 0 atom stereocenters. The highest BCUT2D eigenvalue weighted by Gasteiger charge is 2.11. The minimum absolute atomic E-state index is 0.0323. The van der Waals surface area contributed by atoms with Gasteiger partial charge in [0.1, 0.15) is 13.2 Å². The topological polar surface area (TPSA) is 105 Å². The summed E-state index contributed by atoms with van der Waals surface area (Å²) in [6.45, 7) is 5.78. The molecular formula is C19H30O8. The Morgan fingerprint density at radius 2 is 1.19 bits per heavy atom. The van der Waals surface area contributed by atoms with Gasteiger partial charge in [-0.15, -0.1) is 0 Å². The van der Waals surface area contributed by atoms with E-state index < -0.39 is 23.9 Å². The molecule has 0 aliphatic carbocycles. The van der Waals surface area contributed by atoms with Crippen LogP contribution in [0.5, 0.6) is 0 Å². The van der Waals surface area contributed by atoms with Crippen LogP contribution in [-0.4, -0.2) is 50.3 Å². The van der Waals surface area contributed by atoms with Crippen molar-refractivity contribution in [1.29, 1.82) is 0 Å². The quantitative estimate of drug-likeness (QED) is 0.194. The third-order valence-corrected chi connectivity index (χ3v) is 3.27. The third-order valence-electron chi connectivity index (χ3n) is 3.27. The lowest BCUT2D eigenvalue weighted by atomic mass is 10.3. The van der Waals surface area contributed by atoms with Crippen molar-refractivity contribution in [3.63, 3.8) is 0 Å². The largest absolute Gasteiger partial charge is 0.466 e. The zero-order chi connectivity index (χ0) is 20.5. The van der Waals surface area contributed by atoms with Crippen LogP contribution in [-0.2, 0) is 38.1 Å². The molecule has 8 nitrogen and oxygen atoms in total. The fourth-order valence-corrected chi connectivity index (χ4v) is 1.66. The predicted molar refractivity (Wildman–Crippen MR) is 96.6 cm³/mol. The highest BCUT2D eigenvalue weighted by Crippen LogP contribution is 2.01. The van der Waals surface area contributed by atoms with Crippen LogP contribution in [0.15, 0.2) is 11.6 Å². The molecule has 0 rings (SSSR count). The van der Waals surface area contributed by atoms with E-state index >= 15 is 0 Å².